The Morgan fingerprint density at radius 2 is 1.38 bits per heavy atom. The quantitative estimate of drug-likeness (QED) is 0.723. The van der Waals surface area contributed by atoms with Gasteiger partial charge in [-0.15, -0.1) is 0 Å². The maximum absolute atomic E-state index is 9.12. The minimum atomic E-state index is -2.26. The molecule has 96 valence electrons. The third-order valence-electron chi connectivity index (χ3n) is 3.28. The molecule has 0 spiro atoms. The first kappa shape index (κ1) is 14.2. The smallest absolute Gasteiger partial charge is 0.349 e. The number of hydrogen-bond donors (Lipinski definition) is 1. The molecule has 0 unspecified atom stereocenters. The van der Waals surface area contributed by atoms with Gasteiger partial charge >= 0.3 is 8.56 Å². The van der Waals surface area contributed by atoms with E-state index in [2.05, 4.69) is 41.5 Å². The molecular weight excluding hydrogens is 220 g/mol. The fourth-order valence-corrected chi connectivity index (χ4v) is 7.66. The summed E-state index contributed by atoms with van der Waals surface area (Å²) in [5.41, 5.74) is 0. The Balaban J connectivity index is 2.93. The van der Waals surface area contributed by atoms with Gasteiger partial charge in [0.2, 0.25) is 0 Å². The maximum atomic E-state index is 9.12. The molecule has 1 rings (SSSR count). The van der Waals surface area contributed by atoms with E-state index in [9.17, 15) is 0 Å². The molecule has 0 aromatic heterocycles. The second kappa shape index (κ2) is 4.41. The van der Waals surface area contributed by atoms with Gasteiger partial charge in [0, 0.05) is 29.2 Å². The van der Waals surface area contributed by atoms with Crippen LogP contribution in [0.15, 0.2) is 0 Å². The molecule has 0 aliphatic carbocycles. The van der Waals surface area contributed by atoms with E-state index in [4.69, 9.17) is 14.0 Å². The summed E-state index contributed by atoms with van der Waals surface area (Å²) >= 11 is 0. The first-order chi connectivity index (χ1) is 7.14. The Kier molecular flexibility index (Phi) is 3.90. The van der Waals surface area contributed by atoms with Crippen molar-refractivity contribution in [3.05, 3.63) is 0 Å². The van der Waals surface area contributed by atoms with Crippen LogP contribution in [0.2, 0.25) is 10.1 Å². The SMILES string of the molecule is CC(C)(C)[Si]1(C(C)(C)C)OCC(CO)CO1. The summed E-state index contributed by atoms with van der Waals surface area (Å²) in [6, 6.07) is 0. The van der Waals surface area contributed by atoms with E-state index in [1.54, 1.807) is 0 Å². The van der Waals surface area contributed by atoms with Gasteiger partial charge in [0.1, 0.15) is 0 Å². The van der Waals surface area contributed by atoms with Crippen LogP contribution < -0.4 is 0 Å². The summed E-state index contributed by atoms with van der Waals surface area (Å²) in [7, 11) is -2.26. The average molecular weight is 246 g/mol. The van der Waals surface area contributed by atoms with Crippen molar-refractivity contribution in [2.45, 2.75) is 51.6 Å². The van der Waals surface area contributed by atoms with Gasteiger partial charge in [0.25, 0.3) is 0 Å². The van der Waals surface area contributed by atoms with Gasteiger partial charge in [-0.2, -0.15) is 0 Å². The predicted octanol–water partition coefficient (Wildman–Crippen LogP) is 2.68. The molecule has 1 aliphatic heterocycles. The van der Waals surface area contributed by atoms with Crippen LogP contribution in [0.3, 0.4) is 0 Å². The molecule has 0 atom stereocenters. The molecule has 0 bridgehead atoms. The lowest BCUT2D eigenvalue weighted by molar-refractivity contribution is 0.0102. The van der Waals surface area contributed by atoms with Gasteiger partial charge in [-0.25, -0.2) is 0 Å². The third-order valence-corrected chi connectivity index (χ3v) is 8.37. The van der Waals surface area contributed by atoms with Gasteiger partial charge in [-0.05, 0) is 0 Å². The molecule has 4 heteroatoms. The van der Waals surface area contributed by atoms with Crippen molar-refractivity contribution in [1.82, 2.24) is 0 Å². The first-order valence-corrected chi connectivity index (χ1v) is 7.84. The van der Waals surface area contributed by atoms with E-state index < -0.39 is 8.56 Å². The Labute approximate surface area is 100 Å². The second-order valence-corrected chi connectivity index (χ2v) is 11.6. The second-order valence-electron chi connectivity index (χ2n) is 6.79. The summed E-state index contributed by atoms with van der Waals surface area (Å²) in [6.07, 6.45) is 0. The summed E-state index contributed by atoms with van der Waals surface area (Å²) < 4.78 is 12.3. The molecular formula is C12H26O3Si. The highest BCUT2D eigenvalue weighted by Crippen LogP contribution is 2.53. The molecule has 16 heavy (non-hydrogen) atoms. The number of rotatable bonds is 1. The Morgan fingerprint density at radius 1 is 1.00 bits per heavy atom. The lowest BCUT2D eigenvalue weighted by atomic mass is 10.2. The normalized spacial score (nSPS) is 23.4. The lowest BCUT2D eigenvalue weighted by Gasteiger charge is -2.52. The fourth-order valence-electron chi connectivity index (χ4n) is 2.66. The Bertz CT molecular complexity index is 216. The molecule has 1 N–H and O–H groups in total. The van der Waals surface area contributed by atoms with Crippen molar-refractivity contribution >= 4 is 8.56 Å². The molecule has 0 saturated carbocycles. The van der Waals surface area contributed by atoms with Gasteiger partial charge < -0.3 is 14.0 Å². The van der Waals surface area contributed by atoms with E-state index in [0.717, 1.165) is 0 Å². The molecule has 1 saturated heterocycles. The van der Waals surface area contributed by atoms with E-state index in [1.165, 1.54) is 0 Å². The van der Waals surface area contributed by atoms with Crippen molar-refractivity contribution in [3.8, 4) is 0 Å². The summed E-state index contributed by atoms with van der Waals surface area (Å²) in [5.74, 6) is 0.144. The van der Waals surface area contributed by atoms with Gasteiger partial charge in [-0.1, -0.05) is 41.5 Å². The average Bonchev–Trinajstić information content (AvgIpc) is 2.14. The number of aliphatic hydroxyl groups is 1. The van der Waals surface area contributed by atoms with Crippen molar-refractivity contribution in [3.63, 3.8) is 0 Å². The number of aliphatic hydroxyl groups excluding tert-OH is 1. The van der Waals surface area contributed by atoms with Crippen molar-refractivity contribution < 1.29 is 14.0 Å². The molecule has 3 nitrogen and oxygen atoms in total. The highest BCUT2D eigenvalue weighted by atomic mass is 28.4. The largest absolute Gasteiger partial charge is 0.396 e. The molecule has 0 amide bonds. The van der Waals surface area contributed by atoms with E-state index in [-0.39, 0.29) is 22.6 Å². The highest BCUT2D eigenvalue weighted by molar-refractivity contribution is 6.73. The number of hydrogen-bond acceptors (Lipinski definition) is 3. The predicted molar refractivity (Wildman–Crippen MR) is 67.7 cm³/mol. The maximum Gasteiger partial charge on any atom is 0.349 e. The highest BCUT2D eigenvalue weighted by Gasteiger charge is 2.59. The fraction of sp³-hybridized carbons (Fsp3) is 1.00. The minimum absolute atomic E-state index is 0.0473. The third kappa shape index (κ3) is 2.35. The lowest BCUT2D eigenvalue weighted by Crippen LogP contribution is -2.61. The monoisotopic (exact) mass is 246 g/mol. The van der Waals surface area contributed by atoms with Gasteiger partial charge in [-0.3, -0.25) is 0 Å². The van der Waals surface area contributed by atoms with E-state index in [0.29, 0.717) is 13.2 Å². The summed E-state index contributed by atoms with van der Waals surface area (Å²) in [6.45, 7) is 14.6. The van der Waals surface area contributed by atoms with Crippen LogP contribution in [-0.2, 0) is 8.85 Å². The first-order valence-electron chi connectivity index (χ1n) is 6.03. The van der Waals surface area contributed by atoms with Crippen LogP contribution >= 0.6 is 0 Å². The Hall–Kier alpha value is 0.0969. The zero-order valence-electron chi connectivity index (χ0n) is 11.5. The van der Waals surface area contributed by atoms with Crippen molar-refractivity contribution in [2.24, 2.45) is 5.92 Å². The summed E-state index contributed by atoms with van der Waals surface area (Å²) in [4.78, 5) is 0. The minimum Gasteiger partial charge on any atom is -0.396 e. The van der Waals surface area contributed by atoms with E-state index in [1.807, 2.05) is 0 Å². The molecule has 0 radical (unpaired) electrons. The zero-order valence-corrected chi connectivity index (χ0v) is 12.5. The molecule has 1 fully saturated rings. The van der Waals surface area contributed by atoms with Crippen LogP contribution in [0.1, 0.15) is 41.5 Å². The topological polar surface area (TPSA) is 38.7 Å². The van der Waals surface area contributed by atoms with Crippen LogP contribution in [0, 0.1) is 5.92 Å². The van der Waals surface area contributed by atoms with Crippen LogP contribution in [0.25, 0.3) is 0 Å². The van der Waals surface area contributed by atoms with Gasteiger partial charge in [0.15, 0.2) is 0 Å². The van der Waals surface area contributed by atoms with Gasteiger partial charge in [0.05, 0.1) is 6.61 Å². The van der Waals surface area contributed by atoms with Crippen LogP contribution in [0.5, 0.6) is 0 Å². The standard InChI is InChI=1S/C12H26O3Si/c1-11(2,3)16(12(4,5)6)14-8-10(7-13)9-15-16/h10,13H,7-9H2,1-6H3. The van der Waals surface area contributed by atoms with Crippen LogP contribution in [-0.4, -0.2) is 33.5 Å². The van der Waals surface area contributed by atoms with Crippen molar-refractivity contribution in [2.75, 3.05) is 19.8 Å². The van der Waals surface area contributed by atoms with Crippen LogP contribution in [0.4, 0.5) is 0 Å². The van der Waals surface area contributed by atoms with E-state index >= 15 is 0 Å². The zero-order chi connectivity index (χ0) is 12.6. The Morgan fingerprint density at radius 3 is 1.62 bits per heavy atom. The summed E-state index contributed by atoms with van der Waals surface area (Å²) in [5, 5.41) is 9.22. The molecule has 0 aromatic carbocycles. The molecule has 1 heterocycles. The molecule has 1 aliphatic rings. The van der Waals surface area contributed by atoms with Crippen molar-refractivity contribution in [1.29, 1.82) is 0 Å². The molecule has 0 aromatic rings.